The third kappa shape index (κ3) is 6.72. The van der Waals surface area contributed by atoms with Gasteiger partial charge in [-0.05, 0) is 31.5 Å². The van der Waals surface area contributed by atoms with Crippen LogP contribution in [0.2, 0.25) is 0 Å². The monoisotopic (exact) mass is 525 g/mol. The van der Waals surface area contributed by atoms with Crippen molar-refractivity contribution in [2.45, 2.75) is 26.4 Å². The standard InChI is InChI=1S/C23H35N5O.HI/c1-5-24-23(27(4)18-21-7-6-12-26(21)3)25-17-22(28-13-15-29-16-14-28)20-10-8-19(2)9-11-20;/h6-12,22H,5,13-18H2,1-4H3,(H,24,25);1H. The highest BCUT2D eigenvalue weighted by atomic mass is 127. The SMILES string of the molecule is CCNC(=NCC(c1ccc(C)cc1)N1CCOCC1)N(C)Cc1cccn1C.I. The van der Waals surface area contributed by atoms with Crippen molar-refractivity contribution in [3.63, 3.8) is 0 Å². The summed E-state index contributed by atoms with van der Waals surface area (Å²) in [6.45, 7) is 10.1. The lowest BCUT2D eigenvalue weighted by Crippen LogP contribution is -2.42. The smallest absolute Gasteiger partial charge is 0.194 e. The van der Waals surface area contributed by atoms with Gasteiger partial charge in [0.05, 0.1) is 32.3 Å². The fourth-order valence-electron chi connectivity index (χ4n) is 3.73. The summed E-state index contributed by atoms with van der Waals surface area (Å²) in [5.74, 6) is 0.944. The van der Waals surface area contributed by atoms with Crippen molar-refractivity contribution >= 4 is 29.9 Å². The molecule has 0 radical (unpaired) electrons. The minimum Gasteiger partial charge on any atom is -0.379 e. The summed E-state index contributed by atoms with van der Waals surface area (Å²) in [5, 5.41) is 3.46. The van der Waals surface area contributed by atoms with Gasteiger partial charge in [-0.3, -0.25) is 9.89 Å². The lowest BCUT2D eigenvalue weighted by molar-refractivity contribution is 0.0179. The summed E-state index contributed by atoms with van der Waals surface area (Å²) in [6.07, 6.45) is 2.08. The predicted octanol–water partition coefficient (Wildman–Crippen LogP) is 3.42. The van der Waals surface area contributed by atoms with Crippen molar-refractivity contribution in [2.24, 2.45) is 12.0 Å². The Morgan fingerprint density at radius 2 is 1.90 bits per heavy atom. The van der Waals surface area contributed by atoms with Crippen molar-refractivity contribution in [3.05, 3.63) is 59.4 Å². The lowest BCUT2D eigenvalue weighted by atomic mass is 10.0. The second kappa shape index (κ2) is 12.3. The number of hydrogen-bond donors (Lipinski definition) is 1. The first-order valence-electron chi connectivity index (χ1n) is 10.6. The average Bonchev–Trinajstić information content (AvgIpc) is 3.13. The molecule has 0 bridgehead atoms. The molecular formula is C23H36IN5O. The molecule has 1 N–H and O–H groups in total. The maximum atomic E-state index is 5.58. The molecular weight excluding hydrogens is 489 g/mol. The molecule has 7 heteroatoms. The summed E-state index contributed by atoms with van der Waals surface area (Å²) in [7, 11) is 4.18. The van der Waals surface area contributed by atoms with Crippen molar-refractivity contribution in [3.8, 4) is 0 Å². The van der Waals surface area contributed by atoms with E-state index in [4.69, 9.17) is 9.73 Å². The molecule has 3 rings (SSSR count). The van der Waals surface area contributed by atoms with E-state index in [2.05, 4.69) is 90.2 Å². The summed E-state index contributed by atoms with van der Waals surface area (Å²) in [6, 6.07) is 13.4. The Bertz CT molecular complexity index is 783. The third-order valence-electron chi connectivity index (χ3n) is 5.51. The third-order valence-corrected chi connectivity index (χ3v) is 5.51. The van der Waals surface area contributed by atoms with Gasteiger partial charge in [-0.1, -0.05) is 29.8 Å². The fourth-order valence-corrected chi connectivity index (χ4v) is 3.73. The largest absolute Gasteiger partial charge is 0.379 e. The Morgan fingerprint density at radius 3 is 2.50 bits per heavy atom. The van der Waals surface area contributed by atoms with Crippen molar-refractivity contribution < 1.29 is 4.74 Å². The molecule has 2 heterocycles. The van der Waals surface area contributed by atoms with Crippen LogP contribution in [-0.4, -0.2) is 66.8 Å². The second-order valence-electron chi connectivity index (χ2n) is 7.74. The van der Waals surface area contributed by atoms with Gasteiger partial charge in [0, 0.05) is 45.6 Å². The zero-order valence-corrected chi connectivity index (χ0v) is 21.0. The van der Waals surface area contributed by atoms with E-state index in [1.165, 1.54) is 16.8 Å². The molecule has 0 aliphatic carbocycles. The van der Waals surface area contributed by atoms with Crippen LogP contribution in [0.25, 0.3) is 0 Å². The Kier molecular flexibility index (Phi) is 10.1. The number of aryl methyl sites for hydroxylation is 2. The number of hydrogen-bond acceptors (Lipinski definition) is 3. The van der Waals surface area contributed by atoms with Gasteiger partial charge in [0.15, 0.2) is 5.96 Å². The minimum absolute atomic E-state index is 0. The number of guanidine groups is 1. The molecule has 1 unspecified atom stereocenters. The summed E-state index contributed by atoms with van der Waals surface area (Å²) in [5.41, 5.74) is 3.87. The number of benzene rings is 1. The maximum Gasteiger partial charge on any atom is 0.194 e. The number of rotatable bonds is 7. The second-order valence-corrected chi connectivity index (χ2v) is 7.74. The van der Waals surface area contributed by atoms with E-state index in [9.17, 15) is 0 Å². The molecule has 1 aliphatic rings. The van der Waals surface area contributed by atoms with Crippen LogP contribution in [0.1, 0.15) is 29.8 Å². The van der Waals surface area contributed by atoms with Gasteiger partial charge >= 0.3 is 0 Å². The van der Waals surface area contributed by atoms with Gasteiger partial charge in [0.2, 0.25) is 0 Å². The molecule has 0 saturated carbocycles. The van der Waals surface area contributed by atoms with E-state index in [0.717, 1.165) is 51.9 Å². The summed E-state index contributed by atoms with van der Waals surface area (Å²) >= 11 is 0. The first-order valence-corrected chi connectivity index (χ1v) is 10.6. The van der Waals surface area contributed by atoms with Crippen molar-refractivity contribution in [1.29, 1.82) is 0 Å². The molecule has 0 spiro atoms. The minimum atomic E-state index is 0. The number of nitrogens with one attached hydrogen (secondary N) is 1. The molecule has 1 atom stereocenters. The van der Waals surface area contributed by atoms with Gasteiger partial charge in [0.25, 0.3) is 0 Å². The van der Waals surface area contributed by atoms with Crippen LogP contribution < -0.4 is 5.32 Å². The highest BCUT2D eigenvalue weighted by Crippen LogP contribution is 2.23. The van der Waals surface area contributed by atoms with E-state index in [1.54, 1.807) is 0 Å². The highest BCUT2D eigenvalue weighted by Gasteiger charge is 2.23. The van der Waals surface area contributed by atoms with Gasteiger partial charge in [-0.25, -0.2) is 0 Å². The van der Waals surface area contributed by atoms with Gasteiger partial charge in [-0.15, -0.1) is 24.0 Å². The summed E-state index contributed by atoms with van der Waals surface area (Å²) < 4.78 is 7.73. The topological polar surface area (TPSA) is 45.0 Å². The average molecular weight is 525 g/mol. The van der Waals surface area contributed by atoms with Crippen molar-refractivity contribution in [1.82, 2.24) is 19.7 Å². The number of ether oxygens (including phenoxy) is 1. The Balaban J connectivity index is 0.00000320. The van der Waals surface area contributed by atoms with Crippen LogP contribution in [0.5, 0.6) is 0 Å². The first-order chi connectivity index (χ1) is 14.1. The van der Waals surface area contributed by atoms with Crippen LogP contribution in [0.3, 0.4) is 0 Å². The first kappa shape index (κ1) is 24.7. The molecule has 2 aromatic rings. The zero-order chi connectivity index (χ0) is 20.6. The van der Waals surface area contributed by atoms with Crippen LogP contribution in [-0.2, 0) is 18.3 Å². The normalized spacial score (nSPS) is 16.1. The van der Waals surface area contributed by atoms with E-state index in [1.807, 2.05) is 0 Å². The molecule has 6 nitrogen and oxygen atoms in total. The predicted molar refractivity (Wildman–Crippen MR) is 135 cm³/mol. The number of aliphatic imine (C=N–C) groups is 1. The molecule has 0 amide bonds. The molecule has 1 saturated heterocycles. The van der Waals surface area contributed by atoms with E-state index < -0.39 is 0 Å². The number of halogens is 1. The van der Waals surface area contributed by atoms with E-state index >= 15 is 0 Å². The number of morpholine rings is 1. The fraction of sp³-hybridized carbons (Fsp3) is 0.522. The van der Waals surface area contributed by atoms with Gasteiger partial charge in [0.1, 0.15) is 0 Å². The van der Waals surface area contributed by atoms with Crippen LogP contribution in [0.15, 0.2) is 47.6 Å². The zero-order valence-electron chi connectivity index (χ0n) is 18.7. The quantitative estimate of drug-likeness (QED) is 0.342. The molecule has 1 aromatic heterocycles. The molecule has 166 valence electrons. The van der Waals surface area contributed by atoms with Crippen LogP contribution in [0.4, 0.5) is 0 Å². The number of nitrogens with zero attached hydrogens (tertiary/aromatic N) is 4. The Labute approximate surface area is 198 Å². The Morgan fingerprint density at radius 1 is 1.20 bits per heavy atom. The Hall–Kier alpha value is -1.58. The summed E-state index contributed by atoms with van der Waals surface area (Å²) in [4.78, 5) is 9.73. The van der Waals surface area contributed by atoms with Gasteiger partial charge < -0.3 is 19.5 Å². The maximum absolute atomic E-state index is 5.58. The molecule has 30 heavy (non-hydrogen) atoms. The molecule has 1 aromatic carbocycles. The molecule has 1 aliphatic heterocycles. The number of aromatic nitrogens is 1. The van der Waals surface area contributed by atoms with Crippen LogP contribution in [0, 0.1) is 6.92 Å². The van der Waals surface area contributed by atoms with E-state index in [-0.39, 0.29) is 30.0 Å². The van der Waals surface area contributed by atoms with Crippen molar-refractivity contribution in [2.75, 3.05) is 46.4 Å². The van der Waals surface area contributed by atoms with Gasteiger partial charge in [-0.2, -0.15) is 0 Å². The lowest BCUT2D eigenvalue weighted by Gasteiger charge is -2.34. The van der Waals surface area contributed by atoms with E-state index in [0.29, 0.717) is 0 Å². The molecule has 1 fully saturated rings. The van der Waals surface area contributed by atoms with Crippen LogP contribution >= 0.6 is 24.0 Å². The highest BCUT2D eigenvalue weighted by molar-refractivity contribution is 14.0.